The summed E-state index contributed by atoms with van der Waals surface area (Å²) in [6.07, 6.45) is 5.53. The summed E-state index contributed by atoms with van der Waals surface area (Å²) in [5.74, 6) is -0.241. The van der Waals surface area contributed by atoms with E-state index in [-0.39, 0.29) is 11.8 Å². The van der Waals surface area contributed by atoms with Gasteiger partial charge in [-0.15, -0.1) is 0 Å². The molecule has 2 amide bonds. The Hall–Kier alpha value is -3.15. The molecule has 23 heavy (non-hydrogen) atoms. The molecular formula is C17H16N4O2. The number of fused-ring (bicyclic) bond motifs is 1. The standard InChI is InChI=1S/C17H16N4O2/c1-18-16(22)10-12-2-5-14(6-3-12)20-17(23)13-4-7-15-19-8-9-21(15)11-13/h2-9,11H,10H2,1H3,(H,18,22)(H,20,23). The van der Waals surface area contributed by atoms with E-state index in [1.807, 2.05) is 12.1 Å². The number of nitrogens with zero attached hydrogens (tertiary/aromatic N) is 2. The van der Waals surface area contributed by atoms with Gasteiger partial charge in [-0.3, -0.25) is 9.59 Å². The van der Waals surface area contributed by atoms with E-state index >= 15 is 0 Å². The molecule has 0 aliphatic carbocycles. The van der Waals surface area contributed by atoms with E-state index in [9.17, 15) is 9.59 Å². The predicted octanol–water partition coefficient (Wildman–Crippen LogP) is 1.88. The first kappa shape index (κ1) is 14.8. The van der Waals surface area contributed by atoms with Crippen molar-refractivity contribution in [3.63, 3.8) is 0 Å². The lowest BCUT2D eigenvalue weighted by Crippen LogP contribution is -2.19. The number of nitrogens with one attached hydrogen (secondary N) is 2. The number of imidazole rings is 1. The molecule has 0 saturated heterocycles. The number of pyridine rings is 1. The van der Waals surface area contributed by atoms with E-state index in [2.05, 4.69) is 15.6 Å². The zero-order chi connectivity index (χ0) is 16.2. The zero-order valence-electron chi connectivity index (χ0n) is 12.6. The van der Waals surface area contributed by atoms with Gasteiger partial charge in [-0.25, -0.2) is 4.98 Å². The minimum Gasteiger partial charge on any atom is -0.359 e. The summed E-state index contributed by atoms with van der Waals surface area (Å²) in [5, 5.41) is 5.41. The van der Waals surface area contributed by atoms with Gasteiger partial charge in [-0.1, -0.05) is 12.1 Å². The smallest absolute Gasteiger partial charge is 0.257 e. The van der Waals surface area contributed by atoms with Crippen LogP contribution in [-0.4, -0.2) is 28.2 Å². The van der Waals surface area contributed by atoms with Gasteiger partial charge in [0.15, 0.2) is 0 Å². The fourth-order valence-corrected chi connectivity index (χ4v) is 2.24. The highest BCUT2D eigenvalue weighted by Crippen LogP contribution is 2.12. The Labute approximate surface area is 133 Å². The SMILES string of the molecule is CNC(=O)Cc1ccc(NC(=O)c2ccc3nccn3c2)cc1. The van der Waals surface area contributed by atoms with E-state index in [0.29, 0.717) is 17.7 Å². The average molecular weight is 308 g/mol. The van der Waals surface area contributed by atoms with E-state index in [4.69, 9.17) is 0 Å². The van der Waals surface area contributed by atoms with Crippen molar-refractivity contribution in [3.8, 4) is 0 Å². The van der Waals surface area contributed by atoms with E-state index in [1.54, 1.807) is 54.3 Å². The molecule has 0 bridgehead atoms. The van der Waals surface area contributed by atoms with Crippen LogP contribution in [0.2, 0.25) is 0 Å². The molecule has 116 valence electrons. The lowest BCUT2D eigenvalue weighted by Gasteiger charge is -2.07. The molecule has 3 aromatic rings. The van der Waals surface area contributed by atoms with Gasteiger partial charge in [0, 0.05) is 31.3 Å². The number of carbonyl (C=O) groups is 2. The van der Waals surface area contributed by atoms with Crippen LogP contribution in [0, 0.1) is 0 Å². The summed E-state index contributed by atoms with van der Waals surface area (Å²) >= 11 is 0. The molecule has 6 heteroatoms. The van der Waals surface area contributed by atoms with Crippen LogP contribution in [0.15, 0.2) is 55.0 Å². The van der Waals surface area contributed by atoms with Gasteiger partial charge in [0.2, 0.25) is 5.91 Å². The van der Waals surface area contributed by atoms with Gasteiger partial charge in [0.05, 0.1) is 12.0 Å². The first-order chi connectivity index (χ1) is 11.2. The van der Waals surface area contributed by atoms with Crippen molar-refractivity contribution in [2.24, 2.45) is 0 Å². The van der Waals surface area contributed by atoms with Gasteiger partial charge in [-0.05, 0) is 29.8 Å². The number of carbonyl (C=O) groups excluding carboxylic acids is 2. The fourth-order valence-electron chi connectivity index (χ4n) is 2.24. The van der Waals surface area contributed by atoms with Crippen LogP contribution in [0.3, 0.4) is 0 Å². The maximum Gasteiger partial charge on any atom is 0.257 e. The third-order valence-electron chi connectivity index (χ3n) is 3.51. The molecule has 0 aliphatic rings. The third-order valence-corrected chi connectivity index (χ3v) is 3.51. The normalized spacial score (nSPS) is 10.5. The summed E-state index contributed by atoms with van der Waals surface area (Å²) in [6.45, 7) is 0. The van der Waals surface area contributed by atoms with Crippen molar-refractivity contribution >= 4 is 23.1 Å². The minimum atomic E-state index is -0.195. The van der Waals surface area contributed by atoms with Crippen LogP contribution in [-0.2, 0) is 11.2 Å². The van der Waals surface area contributed by atoms with E-state index in [1.165, 1.54) is 0 Å². The highest BCUT2D eigenvalue weighted by Gasteiger charge is 2.08. The van der Waals surface area contributed by atoms with Crippen LogP contribution in [0.25, 0.3) is 5.65 Å². The number of anilines is 1. The maximum atomic E-state index is 12.3. The number of benzene rings is 1. The van der Waals surface area contributed by atoms with E-state index < -0.39 is 0 Å². The summed E-state index contributed by atoms with van der Waals surface area (Å²) < 4.78 is 1.79. The molecular weight excluding hydrogens is 292 g/mol. The number of likely N-dealkylation sites (N-methyl/N-ethyl adjacent to an activating group) is 1. The molecule has 6 nitrogen and oxygen atoms in total. The number of hydrogen-bond acceptors (Lipinski definition) is 3. The molecule has 0 spiro atoms. The molecule has 0 radical (unpaired) electrons. The number of hydrogen-bond donors (Lipinski definition) is 2. The second kappa shape index (κ2) is 6.31. The highest BCUT2D eigenvalue weighted by atomic mass is 16.2. The van der Waals surface area contributed by atoms with Crippen LogP contribution in [0.4, 0.5) is 5.69 Å². The quantitative estimate of drug-likeness (QED) is 0.772. The maximum absolute atomic E-state index is 12.3. The first-order valence-corrected chi connectivity index (χ1v) is 7.19. The molecule has 1 aromatic carbocycles. The topological polar surface area (TPSA) is 75.5 Å². The van der Waals surface area contributed by atoms with Crippen molar-refractivity contribution < 1.29 is 9.59 Å². The Bertz CT molecular complexity index is 852. The van der Waals surface area contributed by atoms with Crippen LogP contribution in [0.1, 0.15) is 15.9 Å². The Kier molecular flexibility index (Phi) is 4.05. The zero-order valence-corrected chi connectivity index (χ0v) is 12.6. The molecule has 0 aliphatic heterocycles. The lowest BCUT2D eigenvalue weighted by molar-refractivity contribution is -0.119. The minimum absolute atomic E-state index is 0.0459. The van der Waals surface area contributed by atoms with Crippen molar-refractivity contribution in [2.75, 3.05) is 12.4 Å². The number of aromatic nitrogens is 2. The highest BCUT2D eigenvalue weighted by molar-refractivity contribution is 6.04. The monoisotopic (exact) mass is 308 g/mol. The number of rotatable bonds is 4. The Morgan fingerprint density at radius 2 is 1.91 bits per heavy atom. The van der Waals surface area contributed by atoms with Crippen LogP contribution in [0.5, 0.6) is 0 Å². The van der Waals surface area contributed by atoms with Gasteiger partial charge < -0.3 is 15.0 Å². The Morgan fingerprint density at radius 3 is 2.65 bits per heavy atom. The Morgan fingerprint density at radius 1 is 1.13 bits per heavy atom. The van der Waals surface area contributed by atoms with Gasteiger partial charge in [-0.2, -0.15) is 0 Å². The Balaban J connectivity index is 1.70. The molecule has 3 rings (SSSR count). The molecule has 2 heterocycles. The largest absolute Gasteiger partial charge is 0.359 e. The van der Waals surface area contributed by atoms with Crippen molar-refractivity contribution in [2.45, 2.75) is 6.42 Å². The lowest BCUT2D eigenvalue weighted by atomic mass is 10.1. The summed E-state index contributed by atoms with van der Waals surface area (Å²) in [4.78, 5) is 27.7. The fraction of sp³-hybridized carbons (Fsp3) is 0.118. The number of amides is 2. The van der Waals surface area contributed by atoms with Crippen molar-refractivity contribution in [1.82, 2.24) is 14.7 Å². The van der Waals surface area contributed by atoms with E-state index in [0.717, 1.165) is 11.2 Å². The molecule has 0 unspecified atom stereocenters. The van der Waals surface area contributed by atoms with Crippen LogP contribution >= 0.6 is 0 Å². The molecule has 2 N–H and O–H groups in total. The summed E-state index contributed by atoms with van der Waals surface area (Å²) in [7, 11) is 1.61. The summed E-state index contributed by atoms with van der Waals surface area (Å²) in [6, 6.07) is 10.7. The molecule has 0 saturated carbocycles. The van der Waals surface area contributed by atoms with Crippen molar-refractivity contribution in [1.29, 1.82) is 0 Å². The molecule has 2 aromatic heterocycles. The van der Waals surface area contributed by atoms with Gasteiger partial charge in [0.1, 0.15) is 5.65 Å². The van der Waals surface area contributed by atoms with Crippen LogP contribution < -0.4 is 10.6 Å². The third kappa shape index (κ3) is 3.37. The predicted molar refractivity (Wildman–Crippen MR) is 87.4 cm³/mol. The second-order valence-electron chi connectivity index (χ2n) is 5.11. The molecule has 0 atom stereocenters. The second-order valence-corrected chi connectivity index (χ2v) is 5.11. The molecule has 0 fully saturated rings. The van der Waals surface area contributed by atoms with Crippen molar-refractivity contribution in [3.05, 3.63) is 66.1 Å². The first-order valence-electron chi connectivity index (χ1n) is 7.19. The van der Waals surface area contributed by atoms with Gasteiger partial charge in [0.25, 0.3) is 5.91 Å². The summed E-state index contributed by atoms with van der Waals surface area (Å²) in [5.41, 5.74) is 2.91. The average Bonchev–Trinajstić information content (AvgIpc) is 3.04. The van der Waals surface area contributed by atoms with Gasteiger partial charge >= 0.3 is 0 Å².